The van der Waals surface area contributed by atoms with Crippen molar-refractivity contribution in [3.8, 4) is 0 Å². The van der Waals surface area contributed by atoms with Crippen LogP contribution in [0.2, 0.25) is 0 Å². The fourth-order valence-corrected chi connectivity index (χ4v) is 1.74. The molecule has 1 atom stereocenters. The molecule has 0 aromatic heterocycles. The van der Waals surface area contributed by atoms with Gasteiger partial charge in [0, 0.05) is 6.42 Å². The van der Waals surface area contributed by atoms with Crippen LogP contribution in [0.1, 0.15) is 5.56 Å². The van der Waals surface area contributed by atoms with Gasteiger partial charge in [0.2, 0.25) is 0 Å². The Morgan fingerprint density at radius 3 is 2.56 bits per heavy atom. The standard InChI is InChI=1S/C13H13NO2/c14-12(13(15)16)8-9-5-6-10-3-1-2-4-11(10)7-9/h1-7,12H,8,14H2,(H,15,16)/p+1/t12-/m0/s1. The van der Waals surface area contributed by atoms with E-state index in [-0.39, 0.29) is 0 Å². The molecular formula is C13H14NO2+. The number of benzene rings is 2. The summed E-state index contributed by atoms with van der Waals surface area (Å²) in [4.78, 5) is 10.7. The molecule has 3 nitrogen and oxygen atoms in total. The van der Waals surface area contributed by atoms with E-state index < -0.39 is 12.0 Å². The number of quaternary nitrogens is 1. The van der Waals surface area contributed by atoms with Crippen molar-refractivity contribution in [3.63, 3.8) is 0 Å². The number of carbonyl (C=O) groups is 1. The summed E-state index contributed by atoms with van der Waals surface area (Å²) in [5.74, 6) is -0.854. The van der Waals surface area contributed by atoms with Crippen molar-refractivity contribution in [2.24, 2.45) is 0 Å². The molecule has 0 heterocycles. The summed E-state index contributed by atoms with van der Waals surface area (Å²) in [7, 11) is 0. The van der Waals surface area contributed by atoms with Gasteiger partial charge in [-0.05, 0) is 16.3 Å². The highest BCUT2D eigenvalue weighted by Crippen LogP contribution is 2.16. The molecule has 0 fully saturated rings. The number of carboxylic acid groups (broad SMARTS) is 1. The Hall–Kier alpha value is -1.87. The second-order valence-electron chi connectivity index (χ2n) is 3.92. The highest BCUT2D eigenvalue weighted by molar-refractivity contribution is 5.83. The van der Waals surface area contributed by atoms with Gasteiger partial charge in [0.1, 0.15) is 0 Å². The molecule has 2 aromatic rings. The SMILES string of the molecule is [NH3+][C@@H](Cc1ccc2ccccc2c1)C(=O)O. The Balaban J connectivity index is 2.29. The van der Waals surface area contributed by atoms with Crippen molar-refractivity contribution in [2.45, 2.75) is 12.5 Å². The third-order valence-electron chi connectivity index (χ3n) is 2.65. The third kappa shape index (κ3) is 2.20. The first-order valence-corrected chi connectivity index (χ1v) is 5.20. The molecule has 0 radical (unpaired) electrons. The van der Waals surface area contributed by atoms with E-state index in [1.54, 1.807) is 0 Å². The quantitative estimate of drug-likeness (QED) is 0.806. The summed E-state index contributed by atoms with van der Waals surface area (Å²) in [6.07, 6.45) is 0.472. The van der Waals surface area contributed by atoms with E-state index >= 15 is 0 Å². The highest BCUT2D eigenvalue weighted by atomic mass is 16.4. The van der Waals surface area contributed by atoms with Gasteiger partial charge in [-0.25, -0.2) is 4.79 Å². The largest absolute Gasteiger partial charge is 0.477 e. The zero-order chi connectivity index (χ0) is 11.5. The van der Waals surface area contributed by atoms with Crippen molar-refractivity contribution in [1.82, 2.24) is 0 Å². The number of carboxylic acids is 1. The Kier molecular flexibility index (Phi) is 2.88. The van der Waals surface area contributed by atoms with Crippen molar-refractivity contribution in [1.29, 1.82) is 0 Å². The Morgan fingerprint density at radius 2 is 1.88 bits per heavy atom. The molecule has 0 aliphatic carbocycles. The number of fused-ring (bicyclic) bond motifs is 1. The fraction of sp³-hybridized carbons (Fsp3) is 0.154. The molecule has 3 heteroatoms. The maximum Gasteiger partial charge on any atom is 0.362 e. The summed E-state index contributed by atoms with van der Waals surface area (Å²) >= 11 is 0. The lowest BCUT2D eigenvalue weighted by Crippen LogP contribution is -2.65. The van der Waals surface area contributed by atoms with Crippen LogP contribution in [0, 0.1) is 0 Å². The predicted molar refractivity (Wildman–Crippen MR) is 62.0 cm³/mol. The van der Waals surface area contributed by atoms with Crippen LogP contribution in [0.3, 0.4) is 0 Å². The van der Waals surface area contributed by atoms with E-state index in [1.807, 2.05) is 42.5 Å². The Labute approximate surface area is 93.5 Å². The van der Waals surface area contributed by atoms with Crippen LogP contribution in [0.4, 0.5) is 0 Å². The van der Waals surface area contributed by atoms with E-state index in [4.69, 9.17) is 5.11 Å². The molecule has 4 N–H and O–H groups in total. The summed E-state index contributed by atoms with van der Waals surface area (Å²) in [6, 6.07) is 13.4. The fourth-order valence-electron chi connectivity index (χ4n) is 1.74. The first-order chi connectivity index (χ1) is 7.66. The molecule has 2 rings (SSSR count). The van der Waals surface area contributed by atoms with Gasteiger partial charge in [0.25, 0.3) is 0 Å². The van der Waals surface area contributed by atoms with Crippen LogP contribution >= 0.6 is 0 Å². The minimum absolute atomic E-state index is 0.472. The van der Waals surface area contributed by atoms with Crippen LogP contribution in [0.5, 0.6) is 0 Å². The maximum atomic E-state index is 10.7. The first kappa shape index (κ1) is 10.6. The monoisotopic (exact) mass is 216 g/mol. The molecule has 0 aliphatic rings. The molecule has 2 aromatic carbocycles. The maximum absolute atomic E-state index is 10.7. The van der Waals surface area contributed by atoms with Gasteiger partial charge in [-0.1, -0.05) is 42.5 Å². The topological polar surface area (TPSA) is 64.9 Å². The van der Waals surface area contributed by atoms with E-state index in [1.165, 1.54) is 5.39 Å². The number of hydrogen-bond acceptors (Lipinski definition) is 1. The second-order valence-corrected chi connectivity index (χ2v) is 3.92. The number of rotatable bonds is 3. The van der Waals surface area contributed by atoms with Gasteiger partial charge < -0.3 is 10.8 Å². The van der Waals surface area contributed by atoms with E-state index in [9.17, 15) is 4.79 Å². The molecule has 16 heavy (non-hydrogen) atoms. The third-order valence-corrected chi connectivity index (χ3v) is 2.65. The lowest BCUT2D eigenvalue weighted by atomic mass is 10.0. The summed E-state index contributed by atoms with van der Waals surface area (Å²) < 4.78 is 0. The predicted octanol–water partition coefficient (Wildman–Crippen LogP) is 1.08. The van der Waals surface area contributed by atoms with Crippen molar-refractivity contribution < 1.29 is 15.6 Å². The molecule has 0 bridgehead atoms. The van der Waals surface area contributed by atoms with Crippen LogP contribution in [0.15, 0.2) is 42.5 Å². The van der Waals surface area contributed by atoms with Gasteiger partial charge in [0.15, 0.2) is 6.04 Å². The van der Waals surface area contributed by atoms with Crippen LogP contribution in [0.25, 0.3) is 10.8 Å². The van der Waals surface area contributed by atoms with Gasteiger partial charge in [-0.3, -0.25) is 0 Å². The van der Waals surface area contributed by atoms with Gasteiger partial charge in [-0.15, -0.1) is 0 Å². The lowest BCUT2D eigenvalue weighted by Gasteiger charge is -2.05. The molecule has 0 saturated carbocycles. The van der Waals surface area contributed by atoms with Gasteiger partial charge in [-0.2, -0.15) is 0 Å². The molecule has 82 valence electrons. The smallest absolute Gasteiger partial charge is 0.362 e. The Bertz CT molecular complexity index is 522. The van der Waals surface area contributed by atoms with Crippen LogP contribution in [-0.4, -0.2) is 17.1 Å². The van der Waals surface area contributed by atoms with Crippen molar-refractivity contribution in [3.05, 3.63) is 48.0 Å². The minimum Gasteiger partial charge on any atom is -0.477 e. The van der Waals surface area contributed by atoms with Crippen molar-refractivity contribution in [2.75, 3.05) is 0 Å². The van der Waals surface area contributed by atoms with Crippen molar-refractivity contribution >= 4 is 16.7 Å². The second kappa shape index (κ2) is 4.33. The number of hydrogen-bond donors (Lipinski definition) is 2. The minimum atomic E-state index is -0.854. The van der Waals surface area contributed by atoms with Gasteiger partial charge in [0.05, 0.1) is 0 Å². The molecule has 0 spiro atoms. The zero-order valence-electron chi connectivity index (χ0n) is 8.89. The van der Waals surface area contributed by atoms with E-state index in [0.717, 1.165) is 10.9 Å². The normalized spacial score (nSPS) is 12.6. The Morgan fingerprint density at radius 1 is 1.19 bits per heavy atom. The van der Waals surface area contributed by atoms with Crippen LogP contribution in [-0.2, 0) is 11.2 Å². The average molecular weight is 216 g/mol. The van der Waals surface area contributed by atoms with Crippen LogP contribution < -0.4 is 5.73 Å². The zero-order valence-corrected chi connectivity index (χ0v) is 8.89. The summed E-state index contributed by atoms with van der Waals surface area (Å²) in [5.41, 5.74) is 4.63. The first-order valence-electron chi connectivity index (χ1n) is 5.20. The highest BCUT2D eigenvalue weighted by Gasteiger charge is 2.15. The van der Waals surface area contributed by atoms with E-state index in [2.05, 4.69) is 5.73 Å². The van der Waals surface area contributed by atoms with E-state index in [0.29, 0.717) is 6.42 Å². The average Bonchev–Trinajstić information content (AvgIpc) is 2.28. The molecule has 0 aliphatic heterocycles. The molecule has 0 amide bonds. The molecule has 0 saturated heterocycles. The lowest BCUT2D eigenvalue weighted by molar-refractivity contribution is -0.407. The number of aliphatic carboxylic acids is 1. The summed E-state index contributed by atoms with van der Waals surface area (Å²) in [6.45, 7) is 0. The molecular weight excluding hydrogens is 202 g/mol. The summed E-state index contributed by atoms with van der Waals surface area (Å²) in [5, 5.41) is 11.1. The van der Waals surface area contributed by atoms with Gasteiger partial charge >= 0.3 is 5.97 Å². The molecule has 0 unspecified atom stereocenters.